The number of thiophene rings is 1. The van der Waals surface area contributed by atoms with Crippen LogP contribution in [0.1, 0.15) is 49.5 Å². The van der Waals surface area contributed by atoms with Crippen molar-refractivity contribution in [1.82, 2.24) is 10.2 Å². The first-order valence-electron chi connectivity index (χ1n) is 8.46. The lowest BCUT2D eigenvalue weighted by atomic mass is 10.1. The maximum atomic E-state index is 12.3. The maximum Gasteiger partial charge on any atom is 0.223 e. The quantitative estimate of drug-likeness (QED) is 0.762. The second kappa shape index (κ2) is 9.03. The molecule has 1 aliphatic heterocycles. The minimum Gasteiger partial charge on any atom is -0.352 e. The highest BCUT2D eigenvalue weighted by Crippen LogP contribution is 2.24. The van der Waals surface area contributed by atoms with Crippen LogP contribution in [0.5, 0.6) is 0 Å². The molecule has 1 unspecified atom stereocenters. The number of fused-ring (bicyclic) bond motifs is 1. The van der Waals surface area contributed by atoms with E-state index < -0.39 is 0 Å². The van der Waals surface area contributed by atoms with Crippen molar-refractivity contribution < 1.29 is 9.59 Å². The van der Waals surface area contributed by atoms with Gasteiger partial charge >= 0.3 is 0 Å². The highest BCUT2D eigenvalue weighted by atomic mass is 32.1. The Hall–Kier alpha value is -1.40. The SMILES string of the molecule is CCCCC(CN)NC(=O)CCC(=O)N1CCc2sccc2C1. The molecule has 128 valence electrons. The van der Waals surface area contributed by atoms with Gasteiger partial charge in [0.05, 0.1) is 0 Å². The Kier molecular flexibility index (Phi) is 7.05. The molecule has 0 saturated carbocycles. The maximum absolute atomic E-state index is 12.3. The van der Waals surface area contributed by atoms with Crippen LogP contribution in [-0.4, -0.2) is 35.8 Å². The average Bonchev–Trinajstić information content (AvgIpc) is 3.03. The van der Waals surface area contributed by atoms with Gasteiger partial charge in [0.15, 0.2) is 0 Å². The van der Waals surface area contributed by atoms with Gasteiger partial charge < -0.3 is 16.0 Å². The zero-order valence-electron chi connectivity index (χ0n) is 13.8. The summed E-state index contributed by atoms with van der Waals surface area (Å²) in [7, 11) is 0. The third kappa shape index (κ3) is 5.32. The Morgan fingerprint density at radius 1 is 1.43 bits per heavy atom. The molecule has 23 heavy (non-hydrogen) atoms. The first-order valence-corrected chi connectivity index (χ1v) is 9.34. The van der Waals surface area contributed by atoms with E-state index in [2.05, 4.69) is 23.7 Å². The molecule has 1 aromatic rings. The van der Waals surface area contributed by atoms with Crippen LogP contribution in [0.25, 0.3) is 0 Å². The molecule has 0 aliphatic carbocycles. The van der Waals surface area contributed by atoms with E-state index in [0.29, 0.717) is 13.1 Å². The van der Waals surface area contributed by atoms with Gasteiger partial charge in [-0.05, 0) is 29.9 Å². The summed E-state index contributed by atoms with van der Waals surface area (Å²) in [6.45, 7) is 4.01. The van der Waals surface area contributed by atoms with Gasteiger partial charge in [0.1, 0.15) is 0 Å². The van der Waals surface area contributed by atoms with Crippen LogP contribution in [0.15, 0.2) is 11.4 Å². The summed E-state index contributed by atoms with van der Waals surface area (Å²) in [6.07, 6.45) is 4.49. The summed E-state index contributed by atoms with van der Waals surface area (Å²) in [5, 5.41) is 5.02. The number of nitrogens with one attached hydrogen (secondary N) is 1. The van der Waals surface area contributed by atoms with Crippen LogP contribution < -0.4 is 11.1 Å². The molecule has 1 atom stereocenters. The van der Waals surface area contributed by atoms with Gasteiger partial charge in [0.25, 0.3) is 0 Å². The molecule has 0 radical (unpaired) electrons. The minimum atomic E-state index is -0.0712. The molecule has 5 nitrogen and oxygen atoms in total. The van der Waals surface area contributed by atoms with Gasteiger partial charge in [-0.1, -0.05) is 19.8 Å². The zero-order chi connectivity index (χ0) is 16.7. The van der Waals surface area contributed by atoms with Crippen molar-refractivity contribution >= 4 is 23.2 Å². The number of nitrogens with zero attached hydrogens (tertiary/aromatic N) is 1. The van der Waals surface area contributed by atoms with Crippen molar-refractivity contribution in [3.05, 3.63) is 21.9 Å². The molecule has 0 fully saturated rings. The van der Waals surface area contributed by atoms with E-state index in [9.17, 15) is 9.59 Å². The summed E-state index contributed by atoms with van der Waals surface area (Å²) >= 11 is 1.76. The molecule has 2 rings (SSSR count). The van der Waals surface area contributed by atoms with Gasteiger partial charge in [-0.2, -0.15) is 0 Å². The molecular weight excluding hydrogens is 310 g/mol. The molecule has 0 aromatic carbocycles. The number of amides is 2. The van der Waals surface area contributed by atoms with Gasteiger partial charge in [0, 0.05) is 43.4 Å². The second-order valence-corrected chi connectivity index (χ2v) is 7.08. The number of carbonyl (C=O) groups excluding carboxylic acids is 2. The lowest BCUT2D eigenvalue weighted by Gasteiger charge is -2.27. The number of hydrogen-bond donors (Lipinski definition) is 2. The van der Waals surface area contributed by atoms with Gasteiger partial charge in [-0.3, -0.25) is 9.59 Å². The van der Waals surface area contributed by atoms with Crippen molar-refractivity contribution in [2.24, 2.45) is 5.73 Å². The fraction of sp³-hybridized carbons (Fsp3) is 0.647. The van der Waals surface area contributed by atoms with Crippen LogP contribution in [0.3, 0.4) is 0 Å². The highest BCUT2D eigenvalue weighted by molar-refractivity contribution is 7.10. The lowest BCUT2D eigenvalue weighted by Crippen LogP contribution is -2.41. The van der Waals surface area contributed by atoms with Gasteiger partial charge in [0.2, 0.25) is 11.8 Å². The van der Waals surface area contributed by atoms with E-state index in [1.807, 2.05) is 4.90 Å². The summed E-state index contributed by atoms with van der Waals surface area (Å²) in [6, 6.07) is 2.12. The predicted molar refractivity (Wildman–Crippen MR) is 93.2 cm³/mol. The molecule has 3 N–H and O–H groups in total. The second-order valence-electron chi connectivity index (χ2n) is 6.08. The van der Waals surface area contributed by atoms with Gasteiger partial charge in [-0.15, -0.1) is 11.3 Å². The van der Waals surface area contributed by atoms with Crippen molar-refractivity contribution in [1.29, 1.82) is 0 Å². The lowest BCUT2D eigenvalue weighted by molar-refractivity contribution is -0.134. The van der Waals surface area contributed by atoms with E-state index in [1.165, 1.54) is 10.4 Å². The topological polar surface area (TPSA) is 75.4 Å². The third-order valence-electron chi connectivity index (χ3n) is 4.28. The summed E-state index contributed by atoms with van der Waals surface area (Å²) in [5.41, 5.74) is 6.93. The Morgan fingerprint density at radius 3 is 3.00 bits per heavy atom. The van der Waals surface area contributed by atoms with Crippen LogP contribution >= 0.6 is 11.3 Å². The molecule has 2 heterocycles. The number of carbonyl (C=O) groups is 2. The first-order chi connectivity index (χ1) is 11.1. The van der Waals surface area contributed by atoms with Crippen molar-refractivity contribution in [2.45, 2.75) is 58.0 Å². The van der Waals surface area contributed by atoms with Crippen LogP contribution in [0.4, 0.5) is 0 Å². The monoisotopic (exact) mass is 337 g/mol. The Labute approximate surface area is 142 Å². The standard InChI is InChI=1S/C17H27N3O2S/c1-2-3-4-14(11-18)19-16(21)5-6-17(22)20-9-7-15-13(12-20)8-10-23-15/h8,10,14H,2-7,9,11-12,18H2,1H3,(H,19,21). The molecule has 6 heteroatoms. The Morgan fingerprint density at radius 2 is 2.26 bits per heavy atom. The zero-order valence-corrected chi connectivity index (χ0v) is 14.7. The normalized spacial score (nSPS) is 15.1. The number of nitrogens with two attached hydrogens (primary N) is 1. The number of unbranched alkanes of at least 4 members (excludes halogenated alkanes) is 1. The molecule has 1 aliphatic rings. The summed E-state index contributed by atoms with van der Waals surface area (Å²) in [5.74, 6) is -0.00649. The summed E-state index contributed by atoms with van der Waals surface area (Å²) < 4.78 is 0. The fourth-order valence-electron chi connectivity index (χ4n) is 2.84. The smallest absolute Gasteiger partial charge is 0.223 e. The Balaban J connectivity index is 1.73. The molecule has 0 bridgehead atoms. The van der Waals surface area contributed by atoms with Crippen LogP contribution in [0.2, 0.25) is 0 Å². The van der Waals surface area contributed by atoms with E-state index in [-0.39, 0.29) is 30.7 Å². The third-order valence-corrected chi connectivity index (χ3v) is 5.31. The number of rotatable bonds is 8. The molecule has 0 saturated heterocycles. The average molecular weight is 337 g/mol. The molecular formula is C17H27N3O2S. The van der Waals surface area contributed by atoms with E-state index in [1.54, 1.807) is 11.3 Å². The predicted octanol–water partition coefficient (Wildman–Crippen LogP) is 2.05. The molecule has 2 amide bonds. The molecule has 0 spiro atoms. The number of hydrogen-bond acceptors (Lipinski definition) is 4. The largest absolute Gasteiger partial charge is 0.352 e. The first kappa shape index (κ1) is 17.9. The summed E-state index contributed by atoms with van der Waals surface area (Å²) in [4.78, 5) is 27.5. The van der Waals surface area contributed by atoms with Gasteiger partial charge in [-0.25, -0.2) is 0 Å². The van der Waals surface area contributed by atoms with E-state index in [4.69, 9.17) is 5.73 Å². The van der Waals surface area contributed by atoms with E-state index >= 15 is 0 Å². The van der Waals surface area contributed by atoms with Crippen molar-refractivity contribution in [3.8, 4) is 0 Å². The van der Waals surface area contributed by atoms with E-state index in [0.717, 1.165) is 32.2 Å². The van der Waals surface area contributed by atoms with Crippen LogP contribution in [0, 0.1) is 0 Å². The van der Waals surface area contributed by atoms with Crippen molar-refractivity contribution in [2.75, 3.05) is 13.1 Å². The minimum absolute atomic E-state index is 0.0286. The highest BCUT2D eigenvalue weighted by Gasteiger charge is 2.22. The Bertz CT molecular complexity index is 530. The molecule has 1 aromatic heterocycles. The van der Waals surface area contributed by atoms with Crippen molar-refractivity contribution in [3.63, 3.8) is 0 Å². The fourth-order valence-corrected chi connectivity index (χ4v) is 3.73. The van der Waals surface area contributed by atoms with Crippen LogP contribution in [-0.2, 0) is 22.6 Å².